The summed E-state index contributed by atoms with van der Waals surface area (Å²) in [7, 11) is 0. The van der Waals surface area contributed by atoms with Crippen LogP contribution in [0.2, 0.25) is 0 Å². The van der Waals surface area contributed by atoms with Gasteiger partial charge in [0.2, 0.25) is 5.95 Å². The Morgan fingerprint density at radius 3 is 2.77 bits per heavy atom. The first-order valence-corrected chi connectivity index (χ1v) is 3.89. The molecule has 0 bridgehead atoms. The van der Waals surface area contributed by atoms with Crippen LogP contribution in [0.3, 0.4) is 0 Å². The molecule has 0 fully saturated rings. The maximum absolute atomic E-state index is 12.7. The summed E-state index contributed by atoms with van der Waals surface area (Å²) in [5.41, 5.74) is 0.738. The van der Waals surface area contributed by atoms with Gasteiger partial charge in [-0.1, -0.05) is 0 Å². The number of aromatic nitrogens is 3. The van der Waals surface area contributed by atoms with Crippen LogP contribution in [0.1, 0.15) is 5.82 Å². The van der Waals surface area contributed by atoms with E-state index in [4.69, 9.17) is 0 Å². The van der Waals surface area contributed by atoms with E-state index in [1.54, 1.807) is 23.0 Å². The second-order valence-electron chi connectivity index (χ2n) is 2.68. The zero-order valence-corrected chi connectivity index (χ0v) is 7.11. The van der Waals surface area contributed by atoms with Crippen molar-refractivity contribution in [3.05, 3.63) is 42.5 Å². The van der Waals surface area contributed by atoms with E-state index in [9.17, 15) is 4.39 Å². The monoisotopic (exact) mass is 177 g/mol. The molecule has 0 saturated heterocycles. The first kappa shape index (κ1) is 7.91. The molecule has 3 nitrogen and oxygen atoms in total. The molecule has 0 atom stereocenters. The van der Waals surface area contributed by atoms with Crippen molar-refractivity contribution < 1.29 is 4.39 Å². The van der Waals surface area contributed by atoms with E-state index in [-0.39, 0.29) is 0 Å². The predicted octanol–water partition coefficient (Wildman–Crippen LogP) is 1.71. The van der Waals surface area contributed by atoms with E-state index >= 15 is 0 Å². The third-order valence-electron chi connectivity index (χ3n) is 1.81. The summed E-state index contributed by atoms with van der Waals surface area (Å²) in [5, 5.41) is 0. The van der Waals surface area contributed by atoms with Crippen molar-refractivity contribution in [2.24, 2.45) is 0 Å². The maximum atomic E-state index is 12.7. The van der Waals surface area contributed by atoms with Crippen molar-refractivity contribution in [1.29, 1.82) is 0 Å². The van der Waals surface area contributed by atoms with Crippen molar-refractivity contribution in [2.45, 2.75) is 6.92 Å². The van der Waals surface area contributed by atoms with Gasteiger partial charge in [-0.3, -0.25) is 0 Å². The molecule has 0 aliphatic carbocycles. The lowest BCUT2D eigenvalue weighted by Gasteiger charge is -2.03. The number of hydrogen-bond acceptors (Lipinski definition) is 2. The molecule has 0 amide bonds. The standard InChI is InChI=1S/C9H8FN3/c1-7-11-4-5-13(7)8-2-3-12-9(10)6-8/h2-6H,1H3. The lowest BCUT2D eigenvalue weighted by molar-refractivity contribution is 0.582. The first-order chi connectivity index (χ1) is 6.27. The maximum Gasteiger partial charge on any atom is 0.214 e. The average molecular weight is 177 g/mol. The number of hydrogen-bond donors (Lipinski definition) is 0. The largest absolute Gasteiger partial charge is 0.304 e. The smallest absolute Gasteiger partial charge is 0.214 e. The van der Waals surface area contributed by atoms with Crippen LogP contribution in [0.25, 0.3) is 5.69 Å². The zero-order valence-electron chi connectivity index (χ0n) is 7.11. The molecule has 2 aromatic rings. The molecule has 0 aliphatic heterocycles. The Labute approximate surface area is 74.9 Å². The minimum atomic E-state index is -0.481. The fourth-order valence-corrected chi connectivity index (χ4v) is 1.19. The van der Waals surface area contributed by atoms with E-state index in [0.717, 1.165) is 11.5 Å². The van der Waals surface area contributed by atoms with Crippen LogP contribution in [0.15, 0.2) is 30.7 Å². The lowest BCUT2D eigenvalue weighted by atomic mass is 10.4. The molecule has 4 heteroatoms. The van der Waals surface area contributed by atoms with Gasteiger partial charge in [-0.25, -0.2) is 9.97 Å². The third-order valence-corrected chi connectivity index (χ3v) is 1.81. The number of nitrogens with zero attached hydrogens (tertiary/aromatic N) is 3. The first-order valence-electron chi connectivity index (χ1n) is 3.89. The molecule has 2 rings (SSSR count). The van der Waals surface area contributed by atoms with Gasteiger partial charge in [-0.2, -0.15) is 4.39 Å². The highest BCUT2D eigenvalue weighted by Crippen LogP contribution is 2.09. The van der Waals surface area contributed by atoms with E-state index in [2.05, 4.69) is 9.97 Å². The second-order valence-corrected chi connectivity index (χ2v) is 2.68. The van der Waals surface area contributed by atoms with E-state index in [1.807, 2.05) is 6.92 Å². The van der Waals surface area contributed by atoms with Gasteiger partial charge in [0.15, 0.2) is 0 Å². The van der Waals surface area contributed by atoms with Crippen LogP contribution < -0.4 is 0 Å². The Kier molecular flexibility index (Phi) is 1.81. The summed E-state index contributed by atoms with van der Waals surface area (Å²) in [6, 6.07) is 3.10. The van der Waals surface area contributed by atoms with Crippen LogP contribution in [-0.2, 0) is 0 Å². The summed E-state index contributed by atoms with van der Waals surface area (Å²) >= 11 is 0. The average Bonchev–Trinajstić information content (AvgIpc) is 2.51. The SMILES string of the molecule is Cc1nccn1-c1ccnc(F)c1. The lowest BCUT2D eigenvalue weighted by Crippen LogP contribution is -1.96. The van der Waals surface area contributed by atoms with Gasteiger partial charge in [-0.15, -0.1) is 0 Å². The molecule has 0 spiro atoms. The molecule has 0 N–H and O–H groups in total. The van der Waals surface area contributed by atoms with Gasteiger partial charge in [0.1, 0.15) is 5.82 Å². The van der Waals surface area contributed by atoms with Gasteiger partial charge in [-0.05, 0) is 13.0 Å². The summed E-state index contributed by atoms with van der Waals surface area (Å²) in [4.78, 5) is 7.52. The van der Waals surface area contributed by atoms with Crippen molar-refractivity contribution >= 4 is 0 Å². The molecular formula is C9H8FN3. The van der Waals surface area contributed by atoms with Gasteiger partial charge >= 0.3 is 0 Å². The van der Waals surface area contributed by atoms with Crippen molar-refractivity contribution in [3.8, 4) is 5.69 Å². The number of pyridine rings is 1. The highest BCUT2D eigenvalue weighted by Gasteiger charge is 2.00. The zero-order chi connectivity index (χ0) is 9.26. The molecule has 0 aliphatic rings. The molecular weight excluding hydrogens is 169 g/mol. The molecule has 66 valence electrons. The number of aryl methyl sites for hydroxylation is 1. The summed E-state index contributed by atoms with van der Waals surface area (Å²) < 4.78 is 14.5. The number of halogens is 1. The molecule has 13 heavy (non-hydrogen) atoms. The molecule has 2 aromatic heterocycles. The quantitative estimate of drug-likeness (QED) is 0.621. The third kappa shape index (κ3) is 1.42. The van der Waals surface area contributed by atoms with E-state index in [0.29, 0.717) is 0 Å². The van der Waals surface area contributed by atoms with Gasteiger partial charge in [0, 0.05) is 24.7 Å². The fraction of sp³-hybridized carbons (Fsp3) is 0.111. The molecule has 2 heterocycles. The fourth-order valence-electron chi connectivity index (χ4n) is 1.19. The molecule has 0 aromatic carbocycles. The van der Waals surface area contributed by atoms with E-state index < -0.39 is 5.95 Å². The van der Waals surface area contributed by atoms with Gasteiger partial charge < -0.3 is 4.57 Å². The van der Waals surface area contributed by atoms with Crippen molar-refractivity contribution in [1.82, 2.24) is 14.5 Å². The minimum Gasteiger partial charge on any atom is -0.304 e. The Hall–Kier alpha value is -1.71. The Morgan fingerprint density at radius 2 is 2.15 bits per heavy atom. The van der Waals surface area contributed by atoms with Crippen LogP contribution in [0.5, 0.6) is 0 Å². The molecule has 0 unspecified atom stereocenters. The van der Waals surface area contributed by atoms with E-state index in [1.165, 1.54) is 12.3 Å². The molecule has 0 radical (unpaired) electrons. The van der Waals surface area contributed by atoms with Crippen LogP contribution in [0, 0.1) is 12.9 Å². The van der Waals surface area contributed by atoms with Crippen LogP contribution in [0.4, 0.5) is 4.39 Å². The number of imidazole rings is 1. The van der Waals surface area contributed by atoms with Crippen LogP contribution >= 0.6 is 0 Å². The number of rotatable bonds is 1. The second kappa shape index (κ2) is 2.97. The summed E-state index contributed by atoms with van der Waals surface area (Å²) in [5.74, 6) is 0.344. The Balaban J connectivity index is 2.53. The Bertz CT molecular complexity index is 422. The normalized spacial score (nSPS) is 10.3. The highest BCUT2D eigenvalue weighted by molar-refractivity contribution is 5.30. The van der Waals surface area contributed by atoms with Gasteiger partial charge in [0.25, 0.3) is 0 Å². The van der Waals surface area contributed by atoms with Crippen molar-refractivity contribution in [2.75, 3.05) is 0 Å². The highest BCUT2D eigenvalue weighted by atomic mass is 19.1. The molecule has 0 saturated carbocycles. The minimum absolute atomic E-state index is 0.481. The summed E-state index contributed by atoms with van der Waals surface area (Å²) in [6.45, 7) is 1.86. The van der Waals surface area contributed by atoms with Gasteiger partial charge in [0.05, 0.1) is 5.69 Å². The van der Waals surface area contributed by atoms with Crippen LogP contribution in [-0.4, -0.2) is 14.5 Å². The topological polar surface area (TPSA) is 30.7 Å². The van der Waals surface area contributed by atoms with Crippen molar-refractivity contribution in [3.63, 3.8) is 0 Å². The predicted molar refractivity (Wildman–Crippen MR) is 46.1 cm³/mol. The Morgan fingerprint density at radius 1 is 1.31 bits per heavy atom. The summed E-state index contributed by atoms with van der Waals surface area (Å²) in [6.07, 6.45) is 4.89.